The Kier molecular flexibility index (Phi) is 4.34. The Bertz CT molecular complexity index is 559. The first-order valence-electron chi connectivity index (χ1n) is 4.32. The van der Waals surface area contributed by atoms with Gasteiger partial charge < -0.3 is 4.74 Å². The van der Waals surface area contributed by atoms with Crippen molar-refractivity contribution in [2.75, 3.05) is 6.61 Å². The van der Waals surface area contributed by atoms with Crippen molar-refractivity contribution in [3.8, 4) is 5.75 Å². The number of ether oxygens (including phenoxy) is 1. The molecule has 0 heterocycles. The topological polar surface area (TPSA) is 86.5 Å². The van der Waals surface area contributed by atoms with E-state index < -0.39 is 19.7 Å². The Morgan fingerprint density at radius 1 is 1.53 bits per heavy atom. The van der Waals surface area contributed by atoms with E-state index in [-0.39, 0.29) is 21.7 Å². The van der Waals surface area contributed by atoms with Crippen molar-refractivity contribution in [2.24, 2.45) is 0 Å². The summed E-state index contributed by atoms with van der Waals surface area (Å²) in [6.07, 6.45) is 0. The van der Waals surface area contributed by atoms with Gasteiger partial charge in [-0.1, -0.05) is 0 Å². The van der Waals surface area contributed by atoms with Crippen LogP contribution >= 0.6 is 26.6 Å². The number of hydrogen-bond donors (Lipinski definition) is 0. The Morgan fingerprint density at radius 2 is 2.12 bits per heavy atom. The summed E-state index contributed by atoms with van der Waals surface area (Å²) in [4.78, 5) is 9.70. The molecule has 0 saturated carbocycles. The lowest BCUT2D eigenvalue weighted by Gasteiger charge is -2.07. The first kappa shape index (κ1) is 14.2. The lowest BCUT2D eigenvalue weighted by molar-refractivity contribution is -0.386. The van der Waals surface area contributed by atoms with E-state index in [1.54, 1.807) is 6.92 Å². The third-order valence-corrected chi connectivity index (χ3v) is 3.69. The highest BCUT2D eigenvalue weighted by Gasteiger charge is 2.24. The zero-order chi connectivity index (χ0) is 13.2. The molecule has 0 amide bonds. The van der Waals surface area contributed by atoms with Crippen LogP contribution in [-0.2, 0) is 9.05 Å². The summed E-state index contributed by atoms with van der Waals surface area (Å²) in [5.74, 6) is -0.0263. The molecule has 6 nitrogen and oxygen atoms in total. The second-order valence-electron chi connectivity index (χ2n) is 2.88. The highest BCUT2D eigenvalue weighted by Crippen LogP contribution is 2.38. The fraction of sp³-hybridized carbons (Fsp3) is 0.250. The van der Waals surface area contributed by atoms with Gasteiger partial charge in [0.05, 0.1) is 20.9 Å². The summed E-state index contributed by atoms with van der Waals surface area (Å²) < 4.78 is 27.5. The van der Waals surface area contributed by atoms with Crippen LogP contribution in [-0.4, -0.2) is 19.9 Å². The molecular weight excluding hydrogens is 338 g/mol. The average molecular weight is 345 g/mol. The molecule has 94 valence electrons. The molecule has 0 atom stereocenters. The van der Waals surface area contributed by atoms with Crippen LogP contribution in [0, 0.1) is 10.1 Å². The molecule has 1 rings (SSSR count). The Hall–Kier alpha value is -0.860. The molecule has 0 aliphatic rings. The zero-order valence-electron chi connectivity index (χ0n) is 8.51. The Morgan fingerprint density at radius 3 is 2.53 bits per heavy atom. The summed E-state index contributed by atoms with van der Waals surface area (Å²) in [5, 5.41) is 10.8. The highest BCUT2D eigenvalue weighted by molar-refractivity contribution is 9.10. The average Bonchev–Trinajstić information content (AvgIpc) is 2.18. The van der Waals surface area contributed by atoms with Crippen molar-refractivity contribution >= 4 is 41.4 Å². The van der Waals surface area contributed by atoms with Crippen molar-refractivity contribution in [2.45, 2.75) is 11.8 Å². The van der Waals surface area contributed by atoms with E-state index in [0.29, 0.717) is 0 Å². The number of nitrogens with zero attached hydrogens (tertiary/aromatic N) is 1. The first-order valence-corrected chi connectivity index (χ1v) is 7.43. The molecule has 0 saturated heterocycles. The molecule has 9 heteroatoms. The van der Waals surface area contributed by atoms with Crippen LogP contribution in [0.15, 0.2) is 21.5 Å². The molecule has 1 aromatic rings. The summed E-state index contributed by atoms with van der Waals surface area (Å²) in [6, 6.07) is 2.01. The van der Waals surface area contributed by atoms with Crippen molar-refractivity contribution in [3.63, 3.8) is 0 Å². The molecule has 0 radical (unpaired) electrons. The van der Waals surface area contributed by atoms with E-state index in [9.17, 15) is 18.5 Å². The molecule has 0 aliphatic heterocycles. The van der Waals surface area contributed by atoms with Gasteiger partial charge in [0.25, 0.3) is 9.05 Å². The van der Waals surface area contributed by atoms with E-state index in [0.717, 1.165) is 12.1 Å². The van der Waals surface area contributed by atoms with Crippen molar-refractivity contribution < 1.29 is 18.1 Å². The minimum absolute atomic E-state index is 0.0263. The van der Waals surface area contributed by atoms with Crippen LogP contribution in [0.4, 0.5) is 5.69 Å². The number of halogens is 2. The predicted molar refractivity (Wildman–Crippen MR) is 65.0 cm³/mol. The smallest absolute Gasteiger partial charge is 0.313 e. The summed E-state index contributed by atoms with van der Waals surface area (Å²) in [7, 11) is 1.09. The van der Waals surface area contributed by atoms with Crippen molar-refractivity contribution in [1.29, 1.82) is 0 Å². The largest absolute Gasteiger partial charge is 0.486 e. The van der Waals surface area contributed by atoms with Gasteiger partial charge in [0.15, 0.2) is 0 Å². The summed E-state index contributed by atoms with van der Waals surface area (Å²) >= 11 is 3.01. The third-order valence-electron chi connectivity index (χ3n) is 1.76. The predicted octanol–water partition coefficient (Wildman–Crippen LogP) is 2.68. The van der Waals surface area contributed by atoms with E-state index in [4.69, 9.17) is 15.4 Å². The van der Waals surface area contributed by atoms with Gasteiger partial charge in [-0.3, -0.25) is 10.1 Å². The van der Waals surface area contributed by atoms with E-state index >= 15 is 0 Å². The molecule has 17 heavy (non-hydrogen) atoms. The zero-order valence-corrected chi connectivity index (χ0v) is 11.7. The fourth-order valence-electron chi connectivity index (χ4n) is 1.12. The SMILES string of the molecule is CCOc1c(Br)cc(S(=O)(=O)Cl)cc1[N+](=O)[O-]. The summed E-state index contributed by atoms with van der Waals surface area (Å²) in [6.45, 7) is 1.87. The molecule has 0 bridgehead atoms. The molecule has 0 unspecified atom stereocenters. The van der Waals surface area contributed by atoms with Crippen molar-refractivity contribution in [1.82, 2.24) is 0 Å². The van der Waals surface area contributed by atoms with Gasteiger partial charge in [-0.05, 0) is 28.9 Å². The number of hydrogen-bond acceptors (Lipinski definition) is 5. The second-order valence-corrected chi connectivity index (χ2v) is 6.30. The summed E-state index contributed by atoms with van der Waals surface area (Å²) in [5.41, 5.74) is -0.458. The second kappa shape index (κ2) is 5.19. The van der Waals surface area contributed by atoms with Crippen LogP contribution in [0.2, 0.25) is 0 Å². The standard InChI is InChI=1S/C8H7BrClNO5S/c1-2-16-8-6(9)3-5(17(10,14)15)4-7(8)11(12)13/h3-4H,2H2,1H3. The minimum atomic E-state index is -4.03. The van der Waals surface area contributed by atoms with E-state index in [1.165, 1.54) is 0 Å². The number of benzene rings is 1. The van der Waals surface area contributed by atoms with Crippen LogP contribution in [0.1, 0.15) is 6.92 Å². The van der Waals surface area contributed by atoms with Gasteiger partial charge in [-0.15, -0.1) is 0 Å². The van der Waals surface area contributed by atoms with Crippen LogP contribution in [0.25, 0.3) is 0 Å². The molecular formula is C8H7BrClNO5S. The molecule has 0 fully saturated rings. The van der Waals surface area contributed by atoms with Gasteiger partial charge >= 0.3 is 5.69 Å². The fourth-order valence-corrected chi connectivity index (χ4v) is 2.61. The lowest BCUT2D eigenvalue weighted by Crippen LogP contribution is -2.01. The van der Waals surface area contributed by atoms with Gasteiger partial charge in [0, 0.05) is 16.7 Å². The Labute approximate surface area is 110 Å². The maximum absolute atomic E-state index is 11.1. The molecule has 0 N–H and O–H groups in total. The van der Waals surface area contributed by atoms with Crippen LogP contribution < -0.4 is 4.74 Å². The minimum Gasteiger partial charge on any atom is -0.486 e. The monoisotopic (exact) mass is 343 g/mol. The van der Waals surface area contributed by atoms with Gasteiger partial charge in [-0.2, -0.15) is 0 Å². The van der Waals surface area contributed by atoms with Gasteiger partial charge in [0.1, 0.15) is 0 Å². The lowest BCUT2D eigenvalue weighted by atomic mass is 10.3. The number of rotatable bonds is 4. The third kappa shape index (κ3) is 3.30. The Balaban J connectivity index is 3.52. The van der Waals surface area contributed by atoms with Gasteiger partial charge in [0.2, 0.25) is 5.75 Å². The first-order chi connectivity index (χ1) is 7.77. The molecule has 0 aromatic heterocycles. The van der Waals surface area contributed by atoms with Gasteiger partial charge in [-0.25, -0.2) is 8.42 Å². The van der Waals surface area contributed by atoms with Crippen molar-refractivity contribution in [3.05, 3.63) is 26.7 Å². The highest BCUT2D eigenvalue weighted by atomic mass is 79.9. The van der Waals surface area contributed by atoms with Crippen LogP contribution in [0.5, 0.6) is 5.75 Å². The molecule has 0 aliphatic carbocycles. The molecule has 0 spiro atoms. The maximum Gasteiger partial charge on any atom is 0.313 e. The van der Waals surface area contributed by atoms with Crippen LogP contribution in [0.3, 0.4) is 0 Å². The maximum atomic E-state index is 11.1. The van der Waals surface area contributed by atoms with E-state index in [1.807, 2.05) is 0 Å². The molecule has 1 aromatic carbocycles. The quantitative estimate of drug-likeness (QED) is 0.476. The number of nitro groups is 1. The van der Waals surface area contributed by atoms with E-state index in [2.05, 4.69) is 15.9 Å². The number of nitro benzene ring substituents is 1. The normalized spacial score (nSPS) is 11.2.